The molecule has 1 saturated carbocycles. The summed E-state index contributed by atoms with van der Waals surface area (Å²) < 4.78 is 0. The van der Waals surface area contributed by atoms with Gasteiger partial charge in [-0.05, 0) is 36.8 Å². The first kappa shape index (κ1) is 10.5. The van der Waals surface area contributed by atoms with E-state index in [0.717, 1.165) is 12.3 Å². The Morgan fingerprint density at radius 3 is 2.87 bits per heavy atom. The van der Waals surface area contributed by atoms with Gasteiger partial charge in [-0.25, -0.2) is 0 Å². The zero-order valence-electron chi connectivity index (χ0n) is 9.70. The lowest BCUT2D eigenvalue weighted by Crippen LogP contribution is -2.36. The number of hydrogen-bond donors (Lipinski definition) is 1. The summed E-state index contributed by atoms with van der Waals surface area (Å²) in [6, 6.07) is 0. The molecule has 1 N–H and O–H groups in total. The van der Waals surface area contributed by atoms with Crippen LogP contribution in [0.25, 0.3) is 0 Å². The summed E-state index contributed by atoms with van der Waals surface area (Å²) in [6.07, 6.45) is 8.55. The van der Waals surface area contributed by atoms with Gasteiger partial charge in [0, 0.05) is 5.41 Å². The minimum Gasteiger partial charge on any atom is -0.410 e. The van der Waals surface area contributed by atoms with Crippen molar-refractivity contribution in [1.29, 1.82) is 0 Å². The molecule has 0 bridgehead atoms. The van der Waals surface area contributed by atoms with Crippen LogP contribution in [0.2, 0.25) is 0 Å². The van der Waals surface area contributed by atoms with Crippen LogP contribution in [0, 0.1) is 17.3 Å². The zero-order chi connectivity index (χ0) is 11.1. The summed E-state index contributed by atoms with van der Waals surface area (Å²) in [5.41, 5.74) is 2.28. The SMILES string of the molecule is CC1CCC2=CC(=NO)C=C[C@]2(C)C1C. The van der Waals surface area contributed by atoms with Crippen molar-refractivity contribution in [3.63, 3.8) is 0 Å². The van der Waals surface area contributed by atoms with E-state index in [4.69, 9.17) is 5.21 Å². The van der Waals surface area contributed by atoms with Crippen LogP contribution in [0.1, 0.15) is 33.6 Å². The second-order valence-corrected chi connectivity index (χ2v) is 5.12. The molecule has 0 amide bonds. The Kier molecular flexibility index (Phi) is 2.45. The number of rotatable bonds is 0. The standard InChI is InChI=1S/C13H19NO/c1-9-4-5-11-8-12(14-15)6-7-13(11,3)10(9)2/h6-10,15H,4-5H2,1-3H3/t9?,10?,13-/m1/s1. The van der Waals surface area contributed by atoms with Gasteiger partial charge >= 0.3 is 0 Å². The van der Waals surface area contributed by atoms with Crippen molar-refractivity contribution in [3.05, 3.63) is 23.8 Å². The van der Waals surface area contributed by atoms with E-state index in [1.54, 1.807) is 0 Å². The van der Waals surface area contributed by atoms with Gasteiger partial charge < -0.3 is 5.21 Å². The summed E-state index contributed by atoms with van der Waals surface area (Å²) in [5.74, 6) is 1.43. The van der Waals surface area contributed by atoms with Gasteiger partial charge in [0.1, 0.15) is 5.71 Å². The van der Waals surface area contributed by atoms with Crippen LogP contribution in [0.5, 0.6) is 0 Å². The average molecular weight is 205 g/mol. The minimum atomic E-state index is 0.172. The van der Waals surface area contributed by atoms with E-state index in [1.807, 2.05) is 12.2 Å². The largest absolute Gasteiger partial charge is 0.410 e. The molecule has 0 spiro atoms. The Hall–Kier alpha value is -1.05. The van der Waals surface area contributed by atoms with E-state index in [-0.39, 0.29) is 5.41 Å². The number of oxime groups is 1. The molecular formula is C13H19NO. The van der Waals surface area contributed by atoms with Crippen LogP contribution in [0.15, 0.2) is 29.0 Å². The molecule has 1 fully saturated rings. The monoisotopic (exact) mass is 205 g/mol. The molecule has 2 rings (SSSR count). The topological polar surface area (TPSA) is 32.6 Å². The molecule has 2 nitrogen and oxygen atoms in total. The molecule has 0 aliphatic heterocycles. The molecule has 0 aromatic heterocycles. The Bertz CT molecular complexity index is 354. The Morgan fingerprint density at radius 1 is 1.47 bits per heavy atom. The molecule has 0 aromatic carbocycles. The zero-order valence-corrected chi connectivity index (χ0v) is 9.70. The smallest absolute Gasteiger partial charge is 0.102 e. The lowest BCUT2D eigenvalue weighted by atomic mass is 9.60. The third kappa shape index (κ3) is 1.52. The molecule has 82 valence electrons. The highest BCUT2D eigenvalue weighted by molar-refractivity contribution is 6.05. The first-order chi connectivity index (χ1) is 7.08. The average Bonchev–Trinajstić information content (AvgIpc) is 2.25. The predicted octanol–water partition coefficient (Wildman–Crippen LogP) is 3.39. The minimum absolute atomic E-state index is 0.172. The van der Waals surface area contributed by atoms with Gasteiger partial charge in [-0.2, -0.15) is 0 Å². The summed E-state index contributed by atoms with van der Waals surface area (Å²) in [7, 11) is 0. The third-order valence-corrected chi connectivity index (χ3v) is 4.40. The molecule has 0 heterocycles. The van der Waals surface area contributed by atoms with Crippen LogP contribution in [-0.4, -0.2) is 10.9 Å². The fourth-order valence-corrected chi connectivity index (χ4v) is 2.82. The molecule has 0 aromatic rings. The van der Waals surface area contributed by atoms with Crippen molar-refractivity contribution in [2.45, 2.75) is 33.6 Å². The molecule has 0 radical (unpaired) electrons. The van der Waals surface area contributed by atoms with E-state index < -0.39 is 0 Å². The number of allylic oxidation sites excluding steroid dienone is 4. The van der Waals surface area contributed by atoms with Crippen LogP contribution < -0.4 is 0 Å². The van der Waals surface area contributed by atoms with Crippen LogP contribution in [0.3, 0.4) is 0 Å². The molecule has 2 aliphatic rings. The van der Waals surface area contributed by atoms with Crippen molar-refractivity contribution in [2.75, 3.05) is 0 Å². The van der Waals surface area contributed by atoms with Gasteiger partial charge in [0.25, 0.3) is 0 Å². The predicted molar refractivity (Wildman–Crippen MR) is 62.1 cm³/mol. The Labute approximate surface area is 91.4 Å². The van der Waals surface area contributed by atoms with E-state index in [0.29, 0.717) is 11.6 Å². The van der Waals surface area contributed by atoms with E-state index in [9.17, 15) is 0 Å². The van der Waals surface area contributed by atoms with Gasteiger partial charge in [0.05, 0.1) is 0 Å². The highest BCUT2D eigenvalue weighted by Crippen LogP contribution is 2.49. The molecule has 15 heavy (non-hydrogen) atoms. The second kappa shape index (κ2) is 3.51. The fourth-order valence-electron chi connectivity index (χ4n) is 2.82. The maximum absolute atomic E-state index is 8.78. The quantitative estimate of drug-likeness (QED) is 0.477. The fraction of sp³-hybridized carbons (Fsp3) is 0.615. The van der Waals surface area contributed by atoms with Crippen molar-refractivity contribution < 1.29 is 5.21 Å². The molecule has 2 aliphatic carbocycles. The maximum Gasteiger partial charge on any atom is 0.102 e. The van der Waals surface area contributed by atoms with Gasteiger partial charge in [-0.1, -0.05) is 37.6 Å². The van der Waals surface area contributed by atoms with Crippen LogP contribution in [-0.2, 0) is 0 Å². The highest BCUT2D eigenvalue weighted by atomic mass is 16.4. The van der Waals surface area contributed by atoms with Gasteiger partial charge in [-0.15, -0.1) is 0 Å². The van der Waals surface area contributed by atoms with Crippen molar-refractivity contribution in [2.24, 2.45) is 22.4 Å². The summed E-state index contributed by atoms with van der Waals surface area (Å²) in [4.78, 5) is 0. The summed E-state index contributed by atoms with van der Waals surface area (Å²) in [5, 5.41) is 12.0. The van der Waals surface area contributed by atoms with Crippen molar-refractivity contribution >= 4 is 5.71 Å². The number of fused-ring (bicyclic) bond motifs is 1. The Morgan fingerprint density at radius 2 is 2.20 bits per heavy atom. The lowest BCUT2D eigenvalue weighted by Gasteiger charge is -2.45. The van der Waals surface area contributed by atoms with Crippen LogP contribution in [0.4, 0.5) is 0 Å². The Balaban J connectivity index is 2.38. The molecule has 2 unspecified atom stereocenters. The van der Waals surface area contributed by atoms with Gasteiger partial charge in [0.2, 0.25) is 0 Å². The van der Waals surface area contributed by atoms with Crippen molar-refractivity contribution in [1.82, 2.24) is 0 Å². The van der Waals surface area contributed by atoms with E-state index >= 15 is 0 Å². The third-order valence-electron chi connectivity index (χ3n) is 4.40. The molecule has 2 heteroatoms. The van der Waals surface area contributed by atoms with Crippen molar-refractivity contribution in [3.8, 4) is 0 Å². The van der Waals surface area contributed by atoms with Gasteiger partial charge in [-0.3, -0.25) is 0 Å². The first-order valence-corrected chi connectivity index (χ1v) is 5.70. The molecular weight excluding hydrogens is 186 g/mol. The van der Waals surface area contributed by atoms with E-state index in [2.05, 4.69) is 32.0 Å². The normalized spacial score (nSPS) is 42.6. The second-order valence-electron chi connectivity index (χ2n) is 5.12. The molecule has 3 atom stereocenters. The summed E-state index contributed by atoms with van der Waals surface area (Å²) in [6.45, 7) is 6.95. The van der Waals surface area contributed by atoms with E-state index in [1.165, 1.54) is 12.0 Å². The van der Waals surface area contributed by atoms with Crippen LogP contribution >= 0.6 is 0 Å². The maximum atomic E-state index is 8.78. The summed E-state index contributed by atoms with van der Waals surface area (Å²) >= 11 is 0. The highest BCUT2D eigenvalue weighted by Gasteiger charge is 2.40. The number of hydrogen-bond acceptors (Lipinski definition) is 2. The number of nitrogens with zero attached hydrogens (tertiary/aromatic N) is 1. The lowest BCUT2D eigenvalue weighted by molar-refractivity contribution is 0.186. The van der Waals surface area contributed by atoms with Gasteiger partial charge in [0.15, 0.2) is 0 Å². The first-order valence-electron chi connectivity index (χ1n) is 5.70. The molecule has 0 saturated heterocycles.